The summed E-state index contributed by atoms with van der Waals surface area (Å²) in [6.07, 6.45) is 0.893. The van der Waals surface area contributed by atoms with Crippen LogP contribution in [0.2, 0.25) is 10.0 Å². The fourth-order valence-electron chi connectivity index (χ4n) is 2.06. The zero-order valence-electron chi connectivity index (χ0n) is 10.3. The molecule has 0 saturated heterocycles. The maximum atomic E-state index is 6.05. The highest BCUT2D eigenvalue weighted by atomic mass is 35.5. The second-order valence-corrected chi connectivity index (χ2v) is 4.93. The maximum Gasteiger partial charge on any atom is 0.201 e. The lowest BCUT2D eigenvalue weighted by Crippen LogP contribution is -2.16. The molecule has 0 spiro atoms. The number of hydrogen-bond acceptors (Lipinski definition) is 3. The SMILES string of the molecule is CCC(COC)n1c(N)nc2cc(Cl)c(Cl)cc21. The van der Waals surface area contributed by atoms with E-state index in [-0.39, 0.29) is 6.04 Å². The molecule has 0 radical (unpaired) electrons. The van der Waals surface area contributed by atoms with Crippen LogP contribution in [0, 0.1) is 0 Å². The summed E-state index contributed by atoms with van der Waals surface area (Å²) in [6.45, 7) is 2.65. The summed E-state index contributed by atoms with van der Waals surface area (Å²) >= 11 is 12.0. The number of hydrogen-bond donors (Lipinski definition) is 1. The fraction of sp³-hybridized carbons (Fsp3) is 0.417. The van der Waals surface area contributed by atoms with Crippen molar-refractivity contribution in [3.63, 3.8) is 0 Å². The van der Waals surface area contributed by atoms with Crippen LogP contribution in [-0.4, -0.2) is 23.3 Å². The Morgan fingerprint density at radius 2 is 2.06 bits per heavy atom. The highest BCUT2D eigenvalue weighted by Gasteiger charge is 2.17. The van der Waals surface area contributed by atoms with Crippen LogP contribution in [-0.2, 0) is 4.74 Å². The Morgan fingerprint density at radius 3 is 2.67 bits per heavy atom. The van der Waals surface area contributed by atoms with Crippen LogP contribution in [0.5, 0.6) is 0 Å². The molecule has 0 aliphatic heterocycles. The number of benzene rings is 1. The third kappa shape index (κ3) is 2.28. The standard InChI is InChI=1S/C12H15Cl2N3O/c1-3-7(6-18-2)17-11-5-9(14)8(13)4-10(11)16-12(17)15/h4-5,7H,3,6H2,1-2H3,(H2,15,16). The molecule has 0 fully saturated rings. The maximum absolute atomic E-state index is 6.05. The van der Waals surface area contributed by atoms with Gasteiger partial charge in [0.05, 0.1) is 33.7 Å². The minimum Gasteiger partial charge on any atom is -0.383 e. The van der Waals surface area contributed by atoms with E-state index in [4.69, 9.17) is 33.7 Å². The lowest BCUT2D eigenvalue weighted by molar-refractivity contribution is 0.155. The van der Waals surface area contributed by atoms with Crippen molar-refractivity contribution in [2.24, 2.45) is 0 Å². The molecule has 2 rings (SSSR count). The molecule has 1 atom stereocenters. The number of aromatic nitrogens is 2. The molecule has 0 saturated carbocycles. The highest BCUT2D eigenvalue weighted by Crippen LogP contribution is 2.31. The van der Waals surface area contributed by atoms with Crippen LogP contribution in [0.25, 0.3) is 11.0 Å². The molecule has 1 aromatic heterocycles. The second kappa shape index (κ2) is 5.34. The number of nitrogens with two attached hydrogens (primary N) is 1. The van der Waals surface area contributed by atoms with Crippen LogP contribution in [0.3, 0.4) is 0 Å². The van der Waals surface area contributed by atoms with Gasteiger partial charge in [-0.05, 0) is 18.6 Å². The lowest BCUT2D eigenvalue weighted by Gasteiger charge is -2.18. The molecule has 4 nitrogen and oxygen atoms in total. The van der Waals surface area contributed by atoms with E-state index < -0.39 is 0 Å². The van der Waals surface area contributed by atoms with Crippen molar-refractivity contribution in [3.8, 4) is 0 Å². The summed E-state index contributed by atoms with van der Waals surface area (Å²) < 4.78 is 7.16. The second-order valence-electron chi connectivity index (χ2n) is 4.11. The quantitative estimate of drug-likeness (QED) is 0.936. The Morgan fingerprint density at radius 1 is 1.39 bits per heavy atom. The van der Waals surface area contributed by atoms with Crippen molar-refractivity contribution in [2.45, 2.75) is 19.4 Å². The summed E-state index contributed by atoms with van der Waals surface area (Å²) in [5.74, 6) is 0.451. The topological polar surface area (TPSA) is 53.1 Å². The number of fused-ring (bicyclic) bond motifs is 1. The summed E-state index contributed by atoms with van der Waals surface area (Å²) in [5, 5.41) is 0.978. The van der Waals surface area contributed by atoms with Gasteiger partial charge in [-0.2, -0.15) is 0 Å². The first kappa shape index (κ1) is 13.5. The Labute approximate surface area is 116 Å². The predicted octanol–water partition coefficient (Wildman–Crippen LogP) is 3.52. The Balaban J connectivity index is 2.62. The van der Waals surface area contributed by atoms with Crippen molar-refractivity contribution < 1.29 is 4.74 Å². The van der Waals surface area contributed by atoms with Crippen molar-refractivity contribution in [1.29, 1.82) is 0 Å². The molecular weight excluding hydrogens is 273 g/mol. The molecule has 1 heterocycles. The van der Waals surface area contributed by atoms with Gasteiger partial charge in [0.2, 0.25) is 5.95 Å². The van der Waals surface area contributed by atoms with E-state index in [1.54, 1.807) is 19.2 Å². The van der Waals surface area contributed by atoms with Crippen LogP contribution < -0.4 is 5.73 Å². The van der Waals surface area contributed by atoms with Gasteiger partial charge >= 0.3 is 0 Å². The van der Waals surface area contributed by atoms with Gasteiger partial charge in [-0.1, -0.05) is 30.1 Å². The molecule has 0 aliphatic rings. The first-order valence-corrected chi connectivity index (χ1v) is 6.45. The Bertz CT molecular complexity index is 568. The van der Waals surface area contributed by atoms with E-state index in [0.717, 1.165) is 17.5 Å². The van der Waals surface area contributed by atoms with Gasteiger partial charge in [0.1, 0.15) is 0 Å². The molecule has 2 aromatic rings. The average molecular weight is 288 g/mol. The van der Waals surface area contributed by atoms with E-state index in [1.807, 2.05) is 4.57 Å². The third-order valence-electron chi connectivity index (χ3n) is 2.95. The van der Waals surface area contributed by atoms with Gasteiger partial charge in [-0.15, -0.1) is 0 Å². The van der Waals surface area contributed by atoms with Gasteiger partial charge in [0.25, 0.3) is 0 Å². The van der Waals surface area contributed by atoms with Gasteiger partial charge in [0.15, 0.2) is 0 Å². The summed E-state index contributed by atoms with van der Waals surface area (Å²) in [4.78, 5) is 4.31. The number of halogens is 2. The van der Waals surface area contributed by atoms with Gasteiger partial charge in [-0.3, -0.25) is 0 Å². The van der Waals surface area contributed by atoms with Crippen LogP contribution in [0.1, 0.15) is 19.4 Å². The molecule has 0 aliphatic carbocycles. The molecule has 18 heavy (non-hydrogen) atoms. The number of imidazole rings is 1. The fourth-order valence-corrected chi connectivity index (χ4v) is 2.38. The molecule has 0 amide bonds. The van der Waals surface area contributed by atoms with Gasteiger partial charge in [0, 0.05) is 7.11 Å². The minimum atomic E-state index is 0.136. The lowest BCUT2D eigenvalue weighted by atomic mass is 10.2. The zero-order chi connectivity index (χ0) is 13.3. The Hall–Kier alpha value is -0.970. The molecule has 98 valence electrons. The van der Waals surface area contributed by atoms with Crippen molar-refractivity contribution >= 4 is 40.2 Å². The van der Waals surface area contributed by atoms with Crippen LogP contribution >= 0.6 is 23.2 Å². The van der Waals surface area contributed by atoms with Crippen molar-refractivity contribution in [2.75, 3.05) is 19.5 Å². The number of ether oxygens (including phenoxy) is 1. The van der Waals surface area contributed by atoms with Gasteiger partial charge in [-0.25, -0.2) is 4.98 Å². The average Bonchev–Trinajstić information content (AvgIpc) is 2.63. The molecule has 6 heteroatoms. The molecule has 0 bridgehead atoms. The smallest absolute Gasteiger partial charge is 0.201 e. The normalized spacial score (nSPS) is 13.1. The van der Waals surface area contributed by atoms with Crippen molar-refractivity contribution in [1.82, 2.24) is 9.55 Å². The first-order chi connectivity index (χ1) is 8.58. The molecular formula is C12H15Cl2N3O. The highest BCUT2D eigenvalue weighted by molar-refractivity contribution is 6.42. The van der Waals surface area contributed by atoms with E-state index in [1.165, 1.54) is 0 Å². The number of rotatable bonds is 4. The predicted molar refractivity (Wildman–Crippen MR) is 75.4 cm³/mol. The molecule has 1 unspecified atom stereocenters. The van der Waals surface area contributed by atoms with Crippen LogP contribution in [0.15, 0.2) is 12.1 Å². The summed E-state index contributed by atoms with van der Waals surface area (Å²) in [5.41, 5.74) is 7.60. The van der Waals surface area contributed by atoms with E-state index in [0.29, 0.717) is 22.6 Å². The largest absolute Gasteiger partial charge is 0.383 e. The minimum absolute atomic E-state index is 0.136. The summed E-state index contributed by atoms with van der Waals surface area (Å²) in [7, 11) is 1.67. The van der Waals surface area contributed by atoms with E-state index in [9.17, 15) is 0 Å². The number of nitrogen functional groups attached to an aromatic ring is 1. The molecule has 2 N–H and O–H groups in total. The summed E-state index contributed by atoms with van der Waals surface area (Å²) in [6, 6.07) is 3.66. The van der Waals surface area contributed by atoms with E-state index in [2.05, 4.69) is 11.9 Å². The van der Waals surface area contributed by atoms with Crippen molar-refractivity contribution in [3.05, 3.63) is 22.2 Å². The number of nitrogens with zero attached hydrogens (tertiary/aromatic N) is 2. The molecule has 1 aromatic carbocycles. The Kier molecular flexibility index (Phi) is 4.00. The zero-order valence-corrected chi connectivity index (χ0v) is 11.8. The third-order valence-corrected chi connectivity index (χ3v) is 3.68. The number of methoxy groups -OCH3 is 1. The number of anilines is 1. The first-order valence-electron chi connectivity index (χ1n) is 5.69. The van der Waals surface area contributed by atoms with E-state index >= 15 is 0 Å². The monoisotopic (exact) mass is 287 g/mol. The van der Waals surface area contributed by atoms with Crippen LogP contribution in [0.4, 0.5) is 5.95 Å². The van der Waals surface area contributed by atoms with Gasteiger partial charge < -0.3 is 15.0 Å².